The normalized spacial score (nSPS) is 13.2. The van der Waals surface area contributed by atoms with E-state index in [9.17, 15) is 5.11 Å². The highest BCUT2D eigenvalue weighted by atomic mass is 16.3. The second kappa shape index (κ2) is 4.67. The molecule has 0 aliphatic heterocycles. The Morgan fingerprint density at radius 1 is 1.20 bits per heavy atom. The highest BCUT2D eigenvalue weighted by molar-refractivity contribution is 5.43. The molecular weight excluding hydrogens is 188 g/mol. The van der Waals surface area contributed by atoms with Gasteiger partial charge in [0.2, 0.25) is 0 Å². The third-order valence-corrected chi connectivity index (χ3v) is 3.10. The molecule has 1 rings (SSSR count). The fourth-order valence-corrected chi connectivity index (χ4v) is 1.65. The molecule has 2 nitrogen and oxygen atoms in total. The summed E-state index contributed by atoms with van der Waals surface area (Å²) in [6.45, 7) is 8.27. The van der Waals surface area contributed by atoms with E-state index >= 15 is 0 Å². The summed E-state index contributed by atoms with van der Waals surface area (Å²) in [6.07, 6.45) is 0. The number of aryl methyl sites for hydroxylation is 1. The van der Waals surface area contributed by atoms with E-state index < -0.39 is 0 Å². The van der Waals surface area contributed by atoms with Gasteiger partial charge in [-0.15, -0.1) is 0 Å². The minimum absolute atomic E-state index is 0.106. The van der Waals surface area contributed by atoms with Gasteiger partial charge in [0.1, 0.15) is 5.75 Å². The maximum Gasteiger partial charge on any atom is 0.124 e. The van der Waals surface area contributed by atoms with Crippen molar-refractivity contribution in [2.75, 3.05) is 0 Å². The molecule has 0 fully saturated rings. The average Bonchev–Trinajstić information content (AvgIpc) is 2.20. The van der Waals surface area contributed by atoms with Gasteiger partial charge in [-0.3, -0.25) is 0 Å². The van der Waals surface area contributed by atoms with Crippen molar-refractivity contribution in [1.29, 1.82) is 0 Å². The molecule has 1 aromatic rings. The van der Waals surface area contributed by atoms with Gasteiger partial charge in [0.15, 0.2) is 0 Å². The van der Waals surface area contributed by atoms with Crippen molar-refractivity contribution in [1.82, 2.24) is 0 Å². The molecule has 0 bridgehead atoms. The minimum Gasteiger partial charge on any atom is -0.507 e. The van der Waals surface area contributed by atoms with E-state index in [0.29, 0.717) is 17.4 Å². The van der Waals surface area contributed by atoms with Crippen molar-refractivity contribution >= 4 is 0 Å². The Labute approximate surface area is 91.6 Å². The molecular formula is C13H20O2. The first kappa shape index (κ1) is 12.1. The van der Waals surface area contributed by atoms with Crippen LogP contribution in [0.15, 0.2) is 12.1 Å². The van der Waals surface area contributed by atoms with E-state index in [1.54, 1.807) is 0 Å². The molecule has 2 N–H and O–H groups in total. The number of rotatable bonds is 3. The van der Waals surface area contributed by atoms with Crippen molar-refractivity contribution in [2.45, 2.75) is 40.2 Å². The number of aliphatic hydroxyl groups excluding tert-OH is 1. The zero-order chi connectivity index (χ0) is 11.6. The van der Waals surface area contributed by atoms with Crippen molar-refractivity contribution in [2.24, 2.45) is 5.92 Å². The molecule has 0 aliphatic rings. The standard InChI is InChI=1S/C13H20O2/c1-8(2)10(4)11-5-9(3)13(15)12(6-11)7-14/h5-6,8,10,14-15H,7H2,1-4H3. The van der Waals surface area contributed by atoms with Crippen molar-refractivity contribution < 1.29 is 10.2 Å². The summed E-state index contributed by atoms with van der Waals surface area (Å²) in [5, 5.41) is 18.8. The first-order chi connectivity index (χ1) is 6.97. The van der Waals surface area contributed by atoms with Crippen LogP contribution < -0.4 is 0 Å². The summed E-state index contributed by atoms with van der Waals surface area (Å²) < 4.78 is 0. The van der Waals surface area contributed by atoms with Crippen LogP contribution >= 0.6 is 0 Å². The Bertz CT molecular complexity index is 343. The molecule has 2 heteroatoms. The lowest BCUT2D eigenvalue weighted by Gasteiger charge is -2.18. The number of phenols is 1. The molecule has 0 aromatic heterocycles. The van der Waals surface area contributed by atoms with Crippen LogP contribution in [-0.2, 0) is 6.61 Å². The molecule has 0 saturated heterocycles. The Hall–Kier alpha value is -1.02. The molecule has 0 aliphatic carbocycles. The third-order valence-electron chi connectivity index (χ3n) is 3.10. The predicted molar refractivity (Wildman–Crippen MR) is 62.0 cm³/mol. The lowest BCUT2D eigenvalue weighted by atomic mass is 9.88. The molecule has 0 amide bonds. The summed E-state index contributed by atoms with van der Waals surface area (Å²) in [5.41, 5.74) is 2.64. The van der Waals surface area contributed by atoms with Crippen LogP contribution in [0, 0.1) is 12.8 Å². The van der Waals surface area contributed by atoms with E-state index in [0.717, 1.165) is 5.56 Å². The number of benzene rings is 1. The monoisotopic (exact) mass is 208 g/mol. The van der Waals surface area contributed by atoms with Crippen LogP contribution in [0.1, 0.15) is 43.4 Å². The van der Waals surface area contributed by atoms with Gasteiger partial charge in [-0.2, -0.15) is 0 Å². The third kappa shape index (κ3) is 2.51. The molecule has 15 heavy (non-hydrogen) atoms. The smallest absolute Gasteiger partial charge is 0.124 e. The van der Waals surface area contributed by atoms with Crippen molar-refractivity contribution in [3.8, 4) is 5.75 Å². The second-order valence-electron chi connectivity index (χ2n) is 4.54. The predicted octanol–water partition coefficient (Wildman–Crippen LogP) is 2.95. The quantitative estimate of drug-likeness (QED) is 0.801. The number of hydrogen-bond donors (Lipinski definition) is 2. The van der Waals surface area contributed by atoms with Crippen molar-refractivity contribution in [3.63, 3.8) is 0 Å². The fourth-order valence-electron chi connectivity index (χ4n) is 1.65. The number of aliphatic hydroxyl groups is 1. The van der Waals surface area contributed by atoms with Crippen LogP contribution in [0.3, 0.4) is 0 Å². The highest BCUT2D eigenvalue weighted by Gasteiger charge is 2.13. The molecule has 0 saturated carbocycles. The molecule has 0 heterocycles. The summed E-state index contributed by atoms with van der Waals surface area (Å²) in [7, 11) is 0. The molecule has 0 radical (unpaired) electrons. The summed E-state index contributed by atoms with van der Waals surface area (Å²) in [6, 6.07) is 3.89. The van der Waals surface area contributed by atoms with Gasteiger partial charge in [-0.1, -0.05) is 26.8 Å². The number of aromatic hydroxyl groups is 1. The fraction of sp³-hybridized carbons (Fsp3) is 0.538. The van der Waals surface area contributed by atoms with E-state index in [4.69, 9.17) is 5.11 Å². The average molecular weight is 208 g/mol. The van der Waals surface area contributed by atoms with Gasteiger partial charge >= 0.3 is 0 Å². The Morgan fingerprint density at radius 2 is 1.80 bits per heavy atom. The van der Waals surface area contributed by atoms with Crippen LogP contribution in [0.5, 0.6) is 5.75 Å². The largest absolute Gasteiger partial charge is 0.507 e. The minimum atomic E-state index is -0.106. The first-order valence-electron chi connectivity index (χ1n) is 5.40. The molecule has 1 atom stereocenters. The molecule has 0 spiro atoms. The number of hydrogen-bond acceptors (Lipinski definition) is 2. The van der Waals surface area contributed by atoms with Crippen LogP contribution in [0.4, 0.5) is 0 Å². The van der Waals surface area contributed by atoms with Crippen LogP contribution in [-0.4, -0.2) is 10.2 Å². The maximum atomic E-state index is 9.68. The van der Waals surface area contributed by atoms with Gasteiger partial charge in [-0.05, 0) is 36.0 Å². The van der Waals surface area contributed by atoms with Crippen molar-refractivity contribution in [3.05, 3.63) is 28.8 Å². The van der Waals surface area contributed by atoms with E-state index in [1.807, 2.05) is 19.1 Å². The lowest BCUT2D eigenvalue weighted by molar-refractivity contribution is 0.275. The Kier molecular flexibility index (Phi) is 3.75. The summed E-state index contributed by atoms with van der Waals surface area (Å²) >= 11 is 0. The lowest BCUT2D eigenvalue weighted by Crippen LogP contribution is -2.03. The first-order valence-corrected chi connectivity index (χ1v) is 5.40. The SMILES string of the molecule is Cc1cc(C(C)C(C)C)cc(CO)c1O. The zero-order valence-electron chi connectivity index (χ0n) is 9.91. The van der Waals surface area contributed by atoms with E-state index in [1.165, 1.54) is 5.56 Å². The zero-order valence-corrected chi connectivity index (χ0v) is 9.91. The summed E-state index contributed by atoms with van der Waals surface area (Å²) in [5.74, 6) is 1.22. The van der Waals surface area contributed by atoms with Crippen LogP contribution in [0.2, 0.25) is 0 Å². The van der Waals surface area contributed by atoms with Gasteiger partial charge in [-0.25, -0.2) is 0 Å². The molecule has 84 valence electrons. The second-order valence-corrected chi connectivity index (χ2v) is 4.54. The molecule has 1 unspecified atom stereocenters. The highest BCUT2D eigenvalue weighted by Crippen LogP contribution is 2.30. The Morgan fingerprint density at radius 3 is 2.27 bits per heavy atom. The van der Waals surface area contributed by atoms with Crippen LogP contribution in [0.25, 0.3) is 0 Å². The topological polar surface area (TPSA) is 40.5 Å². The van der Waals surface area contributed by atoms with Gasteiger partial charge in [0.05, 0.1) is 6.61 Å². The van der Waals surface area contributed by atoms with Gasteiger partial charge in [0.25, 0.3) is 0 Å². The molecule has 1 aromatic carbocycles. The summed E-state index contributed by atoms with van der Waals surface area (Å²) in [4.78, 5) is 0. The Balaban J connectivity index is 3.16. The van der Waals surface area contributed by atoms with Gasteiger partial charge < -0.3 is 10.2 Å². The van der Waals surface area contributed by atoms with Gasteiger partial charge in [0, 0.05) is 5.56 Å². The maximum absolute atomic E-state index is 9.68. The van der Waals surface area contributed by atoms with E-state index in [2.05, 4.69) is 20.8 Å². The van der Waals surface area contributed by atoms with E-state index in [-0.39, 0.29) is 12.4 Å².